The average Bonchev–Trinajstić information content (AvgIpc) is 2.62. The maximum atomic E-state index is 12.4. The van der Waals surface area contributed by atoms with Gasteiger partial charge in [0.05, 0.1) is 19.4 Å². The van der Waals surface area contributed by atoms with Crippen LogP contribution in [0.4, 0.5) is 5.69 Å². The minimum absolute atomic E-state index is 0. The fourth-order valence-corrected chi connectivity index (χ4v) is 2.99. The Kier molecular flexibility index (Phi) is 8.62. The van der Waals surface area contributed by atoms with Gasteiger partial charge in [0, 0.05) is 39.3 Å². The highest BCUT2D eigenvalue weighted by Gasteiger charge is 2.29. The number of para-hydroxylation sites is 2. The van der Waals surface area contributed by atoms with Gasteiger partial charge in [0.25, 0.3) is 5.91 Å². The summed E-state index contributed by atoms with van der Waals surface area (Å²) in [4.78, 5) is 16.6. The van der Waals surface area contributed by atoms with Gasteiger partial charge in [-0.2, -0.15) is 0 Å². The van der Waals surface area contributed by atoms with Gasteiger partial charge in [-0.25, -0.2) is 0 Å². The van der Waals surface area contributed by atoms with Gasteiger partial charge >= 0.3 is 0 Å². The van der Waals surface area contributed by atoms with Crippen LogP contribution in [0, 0.1) is 0 Å². The first-order chi connectivity index (χ1) is 10.8. The first-order valence-corrected chi connectivity index (χ1v) is 7.78. The van der Waals surface area contributed by atoms with Crippen molar-refractivity contribution in [1.82, 2.24) is 10.2 Å². The number of nitrogens with zero attached hydrogens (tertiary/aromatic N) is 2. The molecule has 3 rings (SSSR count). The highest BCUT2D eigenvalue weighted by molar-refractivity contribution is 5.85. The lowest BCUT2D eigenvalue weighted by Gasteiger charge is -2.38. The van der Waals surface area contributed by atoms with Crippen molar-refractivity contribution in [1.29, 1.82) is 0 Å². The molecule has 0 spiro atoms. The van der Waals surface area contributed by atoms with Crippen LogP contribution in [0.1, 0.15) is 0 Å². The Morgan fingerprint density at radius 1 is 1.21 bits per heavy atom. The second kappa shape index (κ2) is 9.93. The van der Waals surface area contributed by atoms with Crippen LogP contribution < -0.4 is 15.0 Å². The Bertz CT molecular complexity index is 519. The van der Waals surface area contributed by atoms with Crippen molar-refractivity contribution in [3.05, 3.63) is 24.3 Å². The quantitative estimate of drug-likeness (QED) is 0.856. The molecular formula is C16H25Cl2N3O3. The molecule has 1 aromatic carbocycles. The average molecular weight is 378 g/mol. The van der Waals surface area contributed by atoms with Gasteiger partial charge in [-0.15, -0.1) is 24.8 Å². The number of ether oxygens (including phenoxy) is 2. The molecule has 8 heteroatoms. The van der Waals surface area contributed by atoms with Crippen LogP contribution in [0.15, 0.2) is 24.3 Å². The van der Waals surface area contributed by atoms with Crippen LogP contribution in [-0.2, 0) is 9.53 Å². The van der Waals surface area contributed by atoms with Crippen molar-refractivity contribution in [3.8, 4) is 5.75 Å². The predicted octanol–water partition coefficient (Wildman–Crippen LogP) is 1.18. The minimum atomic E-state index is -0.327. The van der Waals surface area contributed by atoms with Crippen LogP contribution in [-0.4, -0.2) is 69.9 Å². The van der Waals surface area contributed by atoms with Crippen LogP contribution in [0.25, 0.3) is 0 Å². The zero-order valence-corrected chi connectivity index (χ0v) is 15.4. The van der Waals surface area contributed by atoms with E-state index in [1.165, 1.54) is 0 Å². The van der Waals surface area contributed by atoms with Crippen LogP contribution in [0.3, 0.4) is 0 Å². The number of carbonyl (C=O) groups is 1. The van der Waals surface area contributed by atoms with Crippen molar-refractivity contribution in [3.63, 3.8) is 0 Å². The molecule has 2 aliphatic heterocycles. The highest BCUT2D eigenvalue weighted by Crippen LogP contribution is 2.28. The summed E-state index contributed by atoms with van der Waals surface area (Å²) in [6.45, 7) is 5.11. The normalized spacial score (nSPS) is 20.6. The SMILES string of the molecule is COc1ccccc1N1CCN(C(=O)C2CNCCO2)CC1.Cl.Cl. The number of morpholine rings is 1. The number of halogens is 2. The molecule has 2 fully saturated rings. The number of anilines is 1. The molecular weight excluding hydrogens is 353 g/mol. The zero-order valence-electron chi connectivity index (χ0n) is 13.8. The summed E-state index contributed by atoms with van der Waals surface area (Å²) in [6, 6.07) is 8.01. The molecule has 1 aromatic rings. The van der Waals surface area contributed by atoms with Crippen molar-refractivity contribution >= 4 is 36.4 Å². The Morgan fingerprint density at radius 3 is 2.54 bits per heavy atom. The summed E-state index contributed by atoms with van der Waals surface area (Å²) in [5.41, 5.74) is 1.09. The van der Waals surface area contributed by atoms with Gasteiger partial charge in [-0.3, -0.25) is 4.79 Å². The Hall–Kier alpha value is -1.21. The molecule has 0 aliphatic carbocycles. The Morgan fingerprint density at radius 2 is 1.92 bits per heavy atom. The van der Waals surface area contributed by atoms with E-state index in [0.717, 1.165) is 44.2 Å². The molecule has 24 heavy (non-hydrogen) atoms. The van der Waals surface area contributed by atoms with Crippen molar-refractivity contribution in [2.75, 3.05) is 57.9 Å². The van der Waals surface area contributed by atoms with Gasteiger partial charge in [0.15, 0.2) is 0 Å². The Balaban J connectivity index is 0.00000144. The number of hydrogen-bond acceptors (Lipinski definition) is 5. The third kappa shape index (κ3) is 4.66. The first-order valence-electron chi connectivity index (χ1n) is 7.78. The number of amides is 1. The van der Waals surface area contributed by atoms with Crippen LogP contribution in [0.2, 0.25) is 0 Å². The molecule has 1 N–H and O–H groups in total. The summed E-state index contributed by atoms with van der Waals surface area (Å²) in [5, 5.41) is 3.21. The van der Waals surface area contributed by atoms with Gasteiger partial charge in [-0.1, -0.05) is 12.1 Å². The third-order valence-corrected chi connectivity index (χ3v) is 4.22. The molecule has 0 radical (unpaired) electrons. The van der Waals surface area contributed by atoms with E-state index in [4.69, 9.17) is 9.47 Å². The van der Waals surface area contributed by atoms with E-state index in [2.05, 4.69) is 16.3 Å². The topological polar surface area (TPSA) is 54.0 Å². The highest BCUT2D eigenvalue weighted by atomic mass is 35.5. The standard InChI is InChI=1S/C16H23N3O3.2ClH/c1-21-14-5-3-2-4-13(14)18-7-9-19(10-8-18)16(20)15-12-17-6-11-22-15;;/h2-5,15,17H,6-12H2,1H3;2*1H. The summed E-state index contributed by atoms with van der Waals surface area (Å²) in [6.07, 6.45) is -0.327. The van der Waals surface area contributed by atoms with E-state index in [1.54, 1.807) is 7.11 Å². The maximum absolute atomic E-state index is 12.4. The first kappa shape index (κ1) is 20.8. The maximum Gasteiger partial charge on any atom is 0.253 e. The van der Waals surface area contributed by atoms with E-state index >= 15 is 0 Å². The number of benzene rings is 1. The summed E-state index contributed by atoms with van der Waals surface area (Å²) in [7, 11) is 1.69. The van der Waals surface area contributed by atoms with E-state index in [0.29, 0.717) is 13.2 Å². The van der Waals surface area contributed by atoms with Crippen molar-refractivity contribution in [2.24, 2.45) is 0 Å². The zero-order chi connectivity index (χ0) is 15.4. The van der Waals surface area contributed by atoms with Gasteiger partial charge in [-0.05, 0) is 12.1 Å². The molecule has 2 aliphatic rings. The number of rotatable bonds is 3. The fourth-order valence-electron chi connectivity index (χ4n) is 2.99. The molecule has 0 bridgehead atoms. The summed E-state index contributed by atoms with van der Waals surface area (Å²) >= 11 is 0. The molecule has 136 valence electrons. The Labute approximate surface area is 155 Å². The molecule has 0 aromatic heterocycles. The summed E-state index contributed by atoms with van der Waals surface area (Å²) in [5.74, 6) is 0.981. The monoisotopic (exact) mass is 377 g/mol. The van der Waals surface area contributed by atoms with Crippen LogP contribution >= 0.6 is 24.8 Å². The lowest BCUT2D eigenvalue weighted by Crippen LogP contribution is -2.55. The van der Waals surface area contributed by atoms with E-state index in [9.17, 15) is 4.79 Å². The number of carbonyl (C=O) groups excluding carboxylic acids is 1. The molecule has 2 saturated heterocycles. The minimum Gasteiger partial charge on any atom is -0.495 e. The lowest BCUT2D eigenvalue weighted by atomic mass is 10.2. The second-order valence-electron chi connectivity index (χ2n) is 5.55. The summed E-state index contributed by atoms with van der Waals surface area (Å²) < 4.78 is 11.0. The van der Waals surface area contributed by atoms with Crippen LogP contribution in [0.5, 0.6) is 5.75 Å². The largest absolute Gasteiger partial charge is 0.495 e. The smallest absolute Gasteiger partial charge is 0.253 e. The predicted molar refractivity (Wildman–Crippen MR) is 98.9 cm³/mol. The van der Waals surface area contributed by atoms with E-state index in [1.807, 2.05) is 23.1 Å². The van der Waals surface area contributed by atoms with Gasteiger partial charge in [0.1, 0.15) is 11.9 Å². The third-order valence-electron chi connectivity index (χ3n) is 4.22. The molecule has 6 nitrogen and oxygen atoms in total. The molecule has 0 saturated carbocycles. The molecule has 2 heterocycles. The molecule has 1 atom stereocenters. The molecule has 1 amide bonds. The number of nitrogens with one attached hydrogen (secondary N) is 1. The van der Waals surface area contributed by atoms with E-state index in [-0.39, 0.29) is 36.8 Å². The van der Waals surface area contributed by atoms with Gasteiger partial charge in [0.2, 0.25) is 0 Å². The lowest BCUT2D eigenvalue weighted by molar-refractivity contribution is -0.145. The number of piperazine rings is 1. The van der Waals surface area contributed by atoms with Crippen molar-refractivity contribution < 1.29 is 14.3 Å². The molecule has 1 unspecified atom stereocenters. The fraction of sp³-hybridized carbons (Fsp3) is 0.562. The van der Waals surface area contributed by atoms with Crippen molar-refractivity contribution in [2.45, 2.75) is 6.10 Å². The number of hydrogen-bond donors (Lipinski definition) is 1. The number of methoxy groups -OCH3 is 1. The van der Waals surface area contributed by atoms with Gasteiger partial charge < -0.3 is 24.6 Å². The van der Waals surface area contributed by atoms with E-state index < -0.39 is 0 Å². The second-order valence-corrected chi connectivity index (χ2v) is 5.55.